The van der Waals surface area contributed by atoms with E-state index in [9.17, 15) is 9.90 Å². The average molecular weight is 218 g/mol. The van der Waals surface area contributed by atoms with Crippen molar-refractivity contribution in [3.05, 3.63) is 0 Å². The van der Waals surface area contributed by atoms with Gasteiger partial charge >= 0.3 is 29.6 Å². The molecule has 0 aliphatic heterocycles. The van der Waals surface area contributed by atoms with E-state index in [-0.39, 0.29) is 29.6 Å². The second-order valence-corrected chi connectivity index (χ2v) is 2.49. The van der Waals surface area contributed by atoms with Gasteiger partial charge < -0.3 is 35.4 Å². The van der Waals surface area contributed by atoms with Gasteiger partial charge in [-0.3, -0.25) is 0 Å². The van der Waals surface area contributed by atoms with Gasteiger partial charge in [0.15, 0.2) is 0 Å². The van der Waals surface area contributed by atoms with E-state index in [0.717, 1.165) is 0 Å². The molecule has 0 aliphatic rings. The van der Waals surface area contributed by atoms with Crippen molar-refractivity contribution in [2.45, 2.75) is 24.4 Å². The fourth-order valence-corrected chi connectivity index (χ4v) is 0.662. The van der Waals surface area contributed by atoms with Crippen molar-refractivity contribution in [1.29, 1.82) is 0 Å². The summed E-state index contributed by atoms with van der Waals surface area (Å²) in [7, 11) is 0. The zero-order valence-electron chi connectivity index (χ0n) is 7.57. The Morgan fingerprint density at radius 3 is 1.86 bits per heavy atom. The summed E-state index contributed by atoms with van der Waals surface area (Å²) in [6.07, 6.45) is -8.08. The number of hydrogen-bond donors (Lipinski definition) is 5. The van der Waals surface area contributed by atoms with E-state index in [1.807, 2.05) is 0 Å². The molecule has 0 rings (SSSR count). The van der Waals surface area contributed by atoms with Crippen LogP contribution in [0.3, 0.4) is 0 Å². The first-order valence-electron chi connectivity index (χ1n) is 3.45. The summed E-state index contributed by atoms with van der Waals surface area (Å²) < 4.78 is 0. The number of aliphatic hydroxyl groups is 5. The van der Waals surface area contributed by atoms with Crippen LogP contribution in [-0.4, -0.2) is 62.5 Å². The van der Waals surface area contributed by atoms with Crippen LogP contribution in [0.1, 0.15) is 0 Å². The van der Waals surface area contributed by atoms with Crippen molar-refractivity contribution in [2.75, 3.05) is 6.61 Å². The molecule has 0 saturated heterocycles. The van der Waals surface area contributed by atoms with Crippen LogP contribution in [0, 0.1) is 0 Å². The molecule has 0 unspecified atom stereocenters. The van der Waals surface area contributed by atoms with Crippen molar-refractivity contribution in [3.8, 4) is 0 Å². The summed E-state index contributed by atoms with van der Waals surface area (Å²) in [6, 6.07) is 0. The smallest absolute Gasteiger partial charge is 0.547 e. The van der Waals surface area contributed by atoms with Gasteiger partial charge in [0.1, 0.15) is 24.4 Å². The molecule has 0 aliphatic carbocycles. The van der Waals surface area contributed by atoms with E-state index in [4.69, 9.17) is 25.5 Å². The van der Waals surface area contributed by atoms with E-state index in [1.165, 1.54) is 0 Å². The predicted molar refractivity (Wildman–Crippen MR) is 36.1 cm³/mol. The largest absolute Gasteiger partial charge is 1.00 e. The maximum Gasteiger partial charge on any atom is 1.00 e. The van der Waals surface area contributed by atoms with Crippen LogP contribution in [0.5, 0.6) is 0 Å². The zero-order chi connectivity index (χ0) is 10.6. The Bertz CT molecular complexity index is 176. The van der Waals surface area contributed by atoms with Gasteiger partial charge in [0.25, 0.3) is 0 Å². The number of aliphatic hydroxyl groups excluding tert-OH is 5. The normalized spacial score (nSPS) is 18.9. The first-order chi connectivity index (χ1) is 5.91. The Morgan fingerprint density at radius 1 is 1.14 bits per heavy atom. The Labute approximate surface area is 102 Å². The number of rotatable bonds is 5. The first kappa shape index (κ1) is 16.7. The fourth-order valence-electron chi connectivity index (χ4n) is 0.662. The molecule has 0 aromatic carbocycles. The van der Waals surface area contributed by atoms with Gasteiger partial charge in [-0.1, -0.05) is 0 Å². The van der Waals surface area contributed by atoms with Crippen molar-refractivity contribution in [1.82, 2.24) is 0 Å². The third-order valence-corrected chi connectivity index (χ3v) is 1.50. The summed E-state index contributed by atoms with van der Waals surface area (Å²) in [5.41, 5.74) is 0. The topological polar surface area (TPSA) is 141 Å². The Morgan fingerprint density at radius 2 is 1.57 bits per heavy atom. The summed E-state index contributed by atoms with van der Waals surface area (Å²) >= 11 is 0. The molecular weight excluding hydrogens is 207 g/mol. The Kier molecular flexibility index (Phi) is 9.00. The molecule has 14 heavy (non-hydrogen) atoms. The number of carboxylic acids is 1. The van der Waals surface area contributed by atoms with Gasteiger partial charge in [-0.25, -0.2) is 0 Å². The predicted octanol–water partition coefficient (Wildman–Crippen LogP) is -7.82. The van der Waals surface area contributed by atoms with E-state index in [2.05, 4.69) is 0 Å². The van der Waals surface area contributed by atoms with Crippen LogP contribution < -0.4 is 34.7 Å². The van der Waals surface area contributed by atoms with Gasteiger partial charge in [-0.15, -0.1) is 0 Å². The SMILES string of the molecule is O=C([O-])[C@@H](O)[C@@H](O)[C@H](O)[C@@H](O)CO.[Na+]. The van der Waals surface area contributed by atoms with Crippen LogP contribution >= 0.6 is 0 Å². The molecular formula is C6H11NaO7. The number of carbonyl (C=O) groups is 1. The van der Waals surface area contributed by atoms with E-state index >= 15 is 0 Å². The van der Waals surface area contributed by atoms with Crippen LogP contribution in [-0.2, 0) is 4.79 Å². The molecule has 0 amide bonds. The van der Waals surface area contributed by atoms with Crippen LogP contribution in [0.4, 0.5) is 0 Å². The van der Waals surface area contributed by atoms with Gasteiger partial charge in [0, 0.05) is 0 Å². The molecule has 0 bridgehead atoms. The Hall–Kier alpha value is 0.270. The minimum absolute atomic E-state index is 0. The molecule has 0 spiro atoms. The summed E-state index contributed by atoms with van der Waals surface area (Å²) in [5, 5.41) is 53.4. The number of carboxylic acid groups (broad SMARTS) is 1. The van der Waals surface area contributed by atoms with Crippen LogP contribution in [0.15, 0.2) is 0 Å². The molecule has 7 nitrogen and oxygen atoms in total. The molecule has 0 aromatic heterocycles. The maximum absolute atomic E-state index is 9.98. The third-order valence-electron chi connectivity index (χ3n) is 1.50. The van der Waals surface area contributed by atoms with Crippen molar-refractivity contribution < 1.29 is 65.0 Å². The molecule has 8 heteroatoms. The molecule has 0 fully saturated rings. The summed E-state index contributed by atoms with van der Waals surface area (Å²) in [6.45, 7) is -0.863. The van der Waals surface area contributed by atoms with E-state index in [1.54, 1.807) is 0 Å². The molecule has 0 radical (unpaired) electrons. The van der Waals surface area contributed by atoms with E-state index < -0.39 is 37.0 Å². The van der Waals surface area contributed by atoms with Crippen LogP contribution in [0.25, 0.3) is 0 Å². The van der Waals surface area contributed by atoms with Gasteiger partial charge in [0.05, 0.1) is 12.6 Å². The summed E-state index contributed by atoms with van der Waals surface area (Å²) in [5.74, 6) is -1.98. The van der Waals surface area contributed by atoms with E-state index in [0.29, 0.717) is 0 Å². The minimum atomic E-state index is -2.31. The molecule has 4 atom stereocenters. The first-order valence-corrected chi connectivity index (χ1v) is 3.45. The van der Waals surface area contributed by atoms with Gasteiger partial charge in [-0.05, 0) is 0 Å². The van der Waals surface area contributed by atoms with Crippen molar-refractivity contribution >= 4 is 5.97 Å². The van der Waals surface area contributed by atoms with Gasteiger partial charge in [-0.2, -0.15) is 0 Å². The maximum atomic E-state index is 9.98. The second kappa shape index (κ2) is 7.55. The van der Waals surface area contributed by atoms with Crippen LogP contribution in [0.2, 0.25) is 0 Å². The monoisotopic (exact) mass is 218 g/mol. The van der Waals surface area contributed by atoms with Gasteiger partial charge in [0.2, 0.25) is 0 Å². The van der Waals surface area contributed by atoms with Crippen molar-refractivity contribution in [3.63, 3.8) is 0 Å². The minimum Gasteiger partial charge on any atom is -0.547 e. The molecule has 0 heterocycles. The molecule has 78 valence electrons. The number of aliphatic carboxylic acids is 1. The Balaban J connectivity index is 0. The summed E-state index contributed by atoms with van der Waals surface area (Å²) in [4.78, 5) is 9.98. The number of hydrogen-bond acceptors (Lipinski definition) is 7. The second-order valence-electron chi connectivity index (χ2n) is 2.49. The zero-order valence-corrected chi connectivity index (χ0v) is 9.57. The molecule has 0 saturated carbocycles. The quantitative estimate of drug-likeness (QED) is 0.288. The molecule has 5 N–H and O–H groups in total. The average Bonchev–Trinajstić information content (AvgIpc) is 2.12. The standard InChI is InChI=1S/C6H12O7.Na/c7-1-2(8)3(9)4(10)5(11)6(12)13;/h2-5,7-11H,1H2,(H,12,13);/q;+1/p-1/t2-,3+,4-,5-;/m0./s1. The van der Waals surface area contributed by atoms with Crippen molar-refractivity contribution in [2.24, 2.45) is 0 Å². The fraction of sp³-hybridized carbons (Fsp3) is 0.833. The molecule has 0 aromatic rings. The number of carbonyl (C=O) groups excluding carboxylic acids is 1. The third kappa shape index (κ3) is 4.67.